The van der Waals surface area contributed by atoms with E-state index >= 15 is 0 Å². The molecule has 0 bridgehead atoms. The molecule has 1 aliphatic rings. The van der Waals surface area contributed by atoms with Gasteiger partial charge in [0.15, 0.2) is 0 Å². The molecule has 5 rings (SSSR count). The molecule has 1 saturated heterocycles. The first-order valence-corrected chi connectivity index (χ1v) is 14.1. The Kier molecular flexibility index (Phi) is 8.99. The maximum Gasteiger partial charge on any atom is 0.416 e. The van der Waals surface area contributed by atoms with Gasteiger partial charge in [0.05, 0.1) is 18.4 Å². The van der Waals surface area contributed by atoms with Gasteiger partial charge in [-0.25, -0.2) is 0 Å². The van der Waals surface area contributed by atoms with Crippen molar-refractivity contribution >= 4 is 23.4 Å². The van der Waals surface area contributed by atoms with E-state index in [0.717, 1.165) is 25.0 Å². The lowest BCUT2D eigenvalue weighted by molar-refractivity contribution is -0.137. The van der Waals surface area contributed by atoms with E-state index in [1.807, 2.05) is 18.2 Å². The number of nitrogens with one attached hydrogen (secondary N) is 2. The number of carbonyl (C=O) groups is 3. The minimum atomic E-state index is -4.47. The highest BCUT2D eigenvalue weighted by Crippen LogP contribution is 2.33. The summed E-state index contributed by atoms with van der Waals surface area (Å²) in [5.74, 6) is -0.976. The largest absolute Gasteiger partial charge is 0.495 e. The predicted molar refractivity (Wildman–Crippen MR) is 160 cm³/mol. The second-order valence-electron chi connectivity index (χ2n) is 10.3. The number of benzene rings is 4. The Morgan fingerprint density at radius 2 is 1.48 bits per heavy atom. The first-order valence-electron chi connectivity index (χ1n) is 14.1. The average Bonchev–Trinajstić information content (AvgIpc) is 3.59. The number of ether oxygens (including phenoxy) is 1. The predicted octanol–water partition coefficient (Wildman–Crippen LogP) is 6.73. The number of likely N-dealkylation sites (tertiary alicyclic amines) is 1. The third-order valence-electron chi connectivity index (χ3n) is 7.48. The minimum Gasteiger partial charge on any atom is -0.495 e. The molecule has 0 aliphatic carbocycles. The van der Waals surface area contributed by atoms with Crippen molar-refractivity contribution in [3.63, 3.8) is 0 Å². The SMILES string of the molecule is COc1cc(C(=O)N[C@H](C(=O)N2CCCC2)c2ccccc2)ccc1NC(=O)c1ccccc1-c1ccc(C(F)(F)F)cc1. The van der Waals surface area contributed by atoms with E-state index in [0.29, 0.717) is 29.8 Å². The molecule has 4 aromatic carbocycles. The first kappa shape index (κ1) is 30.3. The Hall–Kier alpha value is -5.12. The van der Waals surface area contributed by atoms with Gasteiger partial charge in [-0.15, -0.1) is 0 Å². The van der Waals surface area contributed by atoms with E-state index in [2.05, 4.69) is 10.6 Å². The second-order valence-corrected chi connectivity index (χ2v) is 10.3. The molecule has 7 nitrogen and oxygen atoms in total. The van der Waals surface area contributed by atoms with Crippen LogP contribution in [0.1, 0.15) is 50.7 Å². The number of hydrogen-bond acceptors (Lipinski definition) is 4. The van der Waals surface area contributed by atoms with Gasteiger partial charge >= 0.3 is 6.18 Å². The van der Waals surface area contributed by atoms with Gasteiger partial charge < -0.3 is 20.3 Å². The van der Waals surface area contributed by atoms with E-state index < -0.39 is 29.6 Å². The molecule has 0 spiro atoms. The summed E-state index contributed by atoms with van der Waals surface area (Å²) >= 11 is 0. The zero-order chi connectivity index (χ0) is 31.3. The van der Waals surface area contributed by atoms with Crippen LogP contribution in [-0.4, -0.2) is 42.8 Å². The van der Waals surface area contributed by atoms with Crippen LogP contribution in [0.25, 0.3) is 11.1 Å². The van der Waals surface area contributed by atoms with Gasteiger partial charge in [0, 0.05) is 24.2 Å². The molecule has 2 N–H and O–H groups in total. The van der Waals surface area contributed by atoms with Crippen molar-refractivity contribution in [2.75, 3.05) is 25.5 Å². The monoisotopic (exact) mass is 601 g/mol. The molecule has 44 heavy (non-hydrogen) atoms. The maximum absolute atomic E-state index is 13.4. The molecule has 0 saturated carbocycles. The van der Waals surface area contributed by atoms with Crippen LogP contribution in [0.4, 0.5) is 18.9 Å². The van der Waals surface area contributed by atoms with Gasteiger partial charge in [-0.2, -0.15) is 13.2 Å². The highest BCUT2D eigenvalue weighted by atomic mass is 19.4. The number of anilines is 1. The molecular weight excluding hydrogens is 571 g/mol. The standard InChI is InChI=1S/C34H30F3N3O4/c1-44-29-21-24(31(41)39-30(23-9-3-2-4-10-23)33(43)40-19-7-8-20-40)15-18-28(29)38-32(42)27-12-6-5-11-26(27)22-13-16-25(17-14-22)34(35,36)37/h2-6,9-18,21,30H,7-8,19-20H2,1H3,(H,38,42)(H,39,41)/t30-/m0/s1. The van der Waals surface area contributed by atoms with Gasteiger partial charge in [-0.3, -0.25) is 14.4 Å². The summed E-state index contributed by atoms with van der Waals surface area (Å²) in [5, 5.41) is 5.63. The zero-order valence-corrected chi connectivity index (χ0v) is 23.9. The Bertz CT molecular complexity index is 1650. The number of amides is 3. The Balaban J connectivity index is 1.35. The minimum absolute atomic E-state index is 0.176. The fourth-order valence-electron chi connectivity index (χ4n) is 5.16. The van der Waals surface area contributed by atoms with Crippen molar-refractivity contribution in [3.8, 4) is 16.9 Å². The van der Waals surface area contributed by atoms with Crippen LogP contribution in [0.15, 0.2) is 97.1 Å². The normalized spacial score (nSPS) is 13.7. The van der Waals surface area contributed by atoms with Gasteiger partial charge in [0.1, 0.15) is 11.8 Å². The number of alkyl halides is 3. The lowest BCUT2D eigenvalue weighted by Gasteiger charge is -2.24. The number of nitrogens with zero attached hydrogens (tertiary/aromatic N) is 1. The molecule has 10 heteroatoms. The summed E-state index contributed by atoms with van der Waals surface area (Å²) in [6, 6.07) is 23.8. The highest BCUT2D eigenvalue weighted by Gasteiger charge is 2.31. The Morgan fingerprint density at radius 1 is 0.818 bits per heavy atom. The molecule has 226 valence electrons. The van der Waals surface area contributed by atoms with Crippen molar-refractivity contribution < 1.29 is 32.3 Å². The van der Waals surface area contributed by atoms with E-state index in [1.165, 1.54) is 37.4 Å². The van der Waals surface area contributed by atoms with Crippen LogP contribution in [0.3, 0.4) is 0 Å². The fraction of sp³-hybridized carbons (Fsp3) is 0.206. The molecular formula is C34H30F3N3O4. The second kappa shape index (κ2) is 13.0. The third-order valence-corrected chi connectivity index (χ3v) is 7.48. The lowest BCUT2D eigenvalue weighted by atomic mass is 9.98. The lowest BCUT2D eigenvalue weighted by Crippen LogP contribution is -2.41. The molecule has 1 heterocycles. The van der Waals surface area contributed by atoms with Crippen molar-refractivity contribution in [1.29, 1.82) is 0 Å². The van der Waals surface area contributed by atoms with E-state index in [4.69, 9.17) is 4.74 Å². The number of methoxy groups -OCH3 is 1. The summed E-state index contributed by atoms with van der Waals surface area (Å²) in [5.41, 5.74) is 1.52. The van der Waals surface area contributed by atoms with Crippen LogP contribution in [0.5, 0.6) is 5.75 Å². The number of hydrogen-bond donors (Lipinski definition) is 2. The van der Waals surface area contributed by atoms with Gasteiger partial charge in [0.2, 0.25) is 5.91 Å². The highest BCUT2D eigenvalue weighted by molar-refractivity contribution is 6.09. The fourth-order valence-corrected chi connectivity index (χ4v) is 5.16. The summed E-state index contributed by atoms with van der Waals surface area (Å²) in [7, 11) is 1.40. The zero-order valence-electron chi connectivity index (χ0n) is 23.9. The molecule has 0 unspecified atom stereocenters. The topological polar surface area (TPSA) is 87.7 Å². The van der Waals surface area contributed by atoms with Gasteiger partial charge in [-0.05, 0) is 65.9 Å². The van der Waals surface area contributed by atoms with Crippen molar-refractivity contribution in [3.05, 3.63) is 119 Å². The van der Waals surface area contributed by atoms with Crippen molar-refractivity contribution in [1.82, 2.24) is 10.2 Å². The summed E-state index contributed by atoms with van der Waals surface area (Å²) in [4.78, 5) is 41.8. The Labute approximate surface area is 252 Å². The van der Waals surface area contributed by atoms with Crippen molar-refractivity contribution in [2.24, 2.45) is 0 Å². The van der Waals surface area contributed by atoms with Crippen LogP contribution < -0.4 is 15.4 Å². The van der Waals surface area contributed by atoms with Crippen LogP contribution in [-0.2, 0) is 11.0 Å². The van der Waals surface area contributed by atoms with E-state index in [-0.39, 0.29) is 28.5 Å². The van der Waals surface area contributed by atoms with Crippen molar-refractivity contribution in [2.45, 2.75) is 25.1 Å². The maximum atomic E-state index is 13.4. The number of rotatable bonds is 8. The summed E-state index contributed by atoms with van der Waals surface area (Å²) in [6.07, 6.45) is -2.64. The molecule has 3 amide bonds. The number of carbonyl (C=O) groups excluding carboxylic acids is 3. The summed E-state index contributed by atoms with van der Waals surface area (Å²) < 4.78 is 44.6. The molecule has 1 atom stereocenters. The van der Waals surface area contributed by atoms with Crippen LogP contribution >= 0.6 is 0 Å². The first-order chi connectivity index (χ1) is 21.2. The quantitative estimate of drug-likeness (QED) is 0.235. The van der Waals surface area contributed by atoms with Gasteiger partial charge in [0.25, 0.3) is 11.8 Å². The average molecular weight is 602 g/mol. The molecule has 4 aromatic rings. The third kappa shape index (κ3) is 6.75. The van der Waals surface area contributed by atoms with Crippen LogP contribution in [0, 0.1) is 0 Å². The number of halogens is 3. The molecule has 0 aromatic heterocycles. The molecule has 0 radical (unpaired) electrons. The molecule has 1 aliphatic heterocycles. The smallest absolute Gasteiger partial charge is 0.416 e. The molecule has 1 fully saturated rings. The van der Waals surface area contributed by atoms with E-state index in [9.17, 15) is 27.6 Å². The van der Waals surface area contributed by atoms with E-state index in [1.54, 1.807) is 41.3 Å². The Morgan fingerprint density at radius 3 is 2.14 bits per heavy atom. The summed E-state index contributed by atoms with van der Waals surface area (Å²) in [6.45, 7) is 1.28. The van der Waals surface area contributed by atoms with Gasteiger partial charge in [-0.1, -0.05) is 60.7 Å². The van der Waals surface area contributed by atoms with Crippen LogP contribution in [0.2, 0.25) is 0 Å².